The highest BCUT2D eigenvalue weighted by Crippen LogP contribution is 2.45. The predicted molar refractivity (Wildman–Crippen MR) is 162 cm³/mol. The van der Waals surface area contributed by atoms with E-state index in [1.165, 1.54) is 4.90 Å². The molecule has 0 bridgehead atoms. The molecule has 3 aliphatic rings. The number of hydrogen-bond donors (Lipinski definition) is 4. The Kier molecular flexibility index (Phi) is 10.7. The summed E-state index contributed by atoms with van der Waals surface area (Å²) in [4.78, 5) is 59.0. The molecule has 242 valence electrons. The highest BCUT2D eigenvalue weighted by molar-refractivity contribution is 7.88. The molecule has 2 aliphatic heterocycles. The summed E-state index contributed by atoms with van der Waals surface area (Å²) >= 11 is 0. The first-order valence-corrected chi connectivity index (χ1v) is 16.8. The van der Waals surface area contributed by atoms with Gasteiger partial charge in [-0.2, -0.15) is 13.1 Å². The SMILES string of the molecule is CC(C)(C)OC(=O)N[C@H]1CCCCC/C=C\[C@H]2C[C@@]2(C(=O)NS(=O)(=O)NCCc2ccccn2)NC(=O)[C@@H]2CCCN2C1=O. The van der Waals surface area contributed by atoms with Crippen LogP contribution in [0.2, 0.25) is 0 Å². The fraction of sp³-hybridized carbons (Fsp3) is 0.633. The zero-order chi connectivity index (χ0) is 32.0. The lowest BCUT2D eigenvalue weighted by atomic mass is 10.0. The van der Waals surface area contributed by atoms with Crippen LogP contribution in [0, 0.1) is 5.92 Å². The summed E-state index contributed by atoms with van der Waals surface area (Å²) in [5.74, 6) is -2.15. The third-order valence-electron chi connectivity index (χ3n) is 7.95. The minimum absolute atomic E-state index is 0.0277. The Balaban J connectivity index is 1.47. The fourth-order valence-corrected chi connectivity index (χ4v) is 6.52. The van der Waals surface area contributed by atoms with Crippen molar-refractivity contribution in [2.24, 2.45) is 5.92 Å². The highest BCUT2D eigenvalue weighted by atomic mass is 32.2. The summed E-state index contributed by atoms with van der Waals surface area (Å²) in [6.07, 6.45) is 9.63. The van der Waals surface area contributed by atoms with Gasteiger partial charge in [0.15, 0.2) is 0 Å². The van der Waals surface area contributed by atoms with E-state index in [0.717, 1.165) is 12.8 Å². The standard InChI is InChI=1S/C30H44N6O7S/c1-29(2,3)43-28(40)33-23-14-8-6-4-5-7-12-21-20-30(21,34-25(37)24-15-11-19-36(24)26(23)38)27(39)35-44(41,42)32-18-16-22-13-9-10-17-31-22/h7,9-10,12-13,17,21,23-24,32H,4-6,8,11,14-16,18-20H2,1-3H3,(H,33,40)(H,34,37)(H,35,39)/b12-7-/t21-,23-,24-,30+/m0/s1. The topological polar surface area (TPSA) is 176 Å². The maximum Gasteiger partial charge on any atom is 0.408 e. The van der Waals surface area contributed by atoms with Crippen LogP contribution in [-0.4, -0.2) is 78.4 Å². The van der Waals surface area contributed by atoms with Gasteiger partial charge in [-0.3, -0.25) is 19.4 Å². The minimum Gasteiger partial charge on any atom is -0.444 e. The summed E-state index contributed by atoms with van der Waals surface area (Å²) in [6.45, 7) is 5.56. The molecule has 4 rings (SSSR count). The largest absolute Gasteiger partial charge is 0.444 e. The van der Waals surface area contributed by atoms with Crippen LogP contribution in [-0.2, 0) is 35.8 Å². The third kappa shape index (κ3) is 9.00. The van der Waals surface area contributed by atoms with Crippen molar-refractivity contribution in [3.63, 3.8) is 0 Å². The summed E-state index contributed by atoms with van der Waals surface area (Å²) in [6, 6.07) is 3.60. The van der Waals surface area contributed by atoms with E-state index in [4.69, 9.17) is 4.74 Å². The molecular formula is C30H44N6O7S. The number of rotatable bonds is 7. The number of amides is 4. The van der Waals surface area contributed by atoms with Crippen molar-refractivity contribution in [2.75, 3.05) is 13.1 Å². The molecule has 4 amide bonds. The van der Waals surface area contributed by atoms with E-state index in [-0.39, 0.29) is 18.9 Å². The zero-order valence-electron chi connectivity index (χ0n) is 25.6. The van der Waals surface area contributed by atoms with Gasteiger partial charge in [0.2, 0.25) is 11.8 Å². The molecule has 0 spiro atoms. The fourth-order valence-electron chi connectivity index (χ4n) is 5.65. The van der Waals surface area contributed by atoms with Gasteiger partial charge in [0.25, 0.3) is 5.91 Å². The van der Waals surface area contributed by atoms with E-state index in [2.05, 4.69) is 25.1 Å². The average Bonchev–Trinajstić information content (AvgIpc) is 3.40. The molecule has 2 fully saturated rings. The maximum absolute atomic E-state index is 13.7. The molecule has 13 nitrogen and oxygen atoms in total. The van der Waals surface area contributed by atoms with Gasteiger partial charge < -0.3 is 20.3 Å². The van der Waals surface area contributed by atoms with Gasteiger partial charge in [0.05, 0.1) is 0 Å². The van der Waals surface area contributed by atoms with Gasteiger partial charge in [-0.25, -0.2) is 9.52 Å². The van der Waals surface area contributed by atoms with Crippen molar-refractivity contribution in [3.05, 3.63) is 42.2 Å². The molecule has 14 heteroatoms. The monoisotopic (exact) mass is 632 g/mol. The van der Waals surface area contributed by atoms with E-state index < -0.39 is 57.3 Å². The van der Waals surface area contributed by atoms with Crippen molar-refractivity contribution in [1.82, 2.24) is 30.0 Å². The van der Waals surface area contributed by atoms with Crippen LogP contribution in [0.1, 0.15) is 77.8 Å². The molecule has 4 N–H and O–H groups in total. The molecule has 0 unspecified atom stereocenters. The van der Waals surface area contributed by atoms with E-state index in [0.29, 0.717) is 50.8 Å². The van der Waals surface area contributed by atoms with Crippen LogP contribution in [0.15, 0.2) is 36.5 Å². The second kappa shape index (κ2) is 14.1. The number of pyridine rings is 1. The van der Waals surface area contributed by atoms with E-state index >= 15 is 0 Å². The number of allylic oxidation sites excluding steroid dienone is 1. The number of nitrogens with zero attached hydrogens (tertiary/aromatic N) is 2. The summed E-state index contributed by atoms with van der Waals surface area (Å²) in [5, 5.41) is 5.51. The second-order valence-electron chi connectivity index (χ2n) is 12.6. The van der Waals surface area contributed by atoms with Crippen LogP contribution in [0.25, 0.3) is 0 Å². The number of carbonyl (C=O) groups is 4. The van der Waals surface area contributed by atoms with E-state index in [9.17, 15) is 27.6 Å². The Hall–Kier alpha value is -3.52. The summed E-state index contributed by atoms with van der Waals surface area (Å²) < 4.78 is 35.4. The van der Waals surface area contributed by atoms with Gasteiger partial charge in [0.1, 0.15) is 23.2 Å². The molecule has 0 aromatic carbocycles. The smallest absolute Gasteiger partial charge is 0.408 e. The molecule has 1 aliphatic carbocycles. The van der Waals surface area contributed by atoms with E-state index in [1.807, 2.05) is 12.2 Å². The number of carbonyl (C=O) groups excluding carboxylic acids is 4. The van der Waals surface area contributed by atoms with Crippen molar-refractivity contribution in [3.8, 4) is 0 Å². The first-order valence-electron chi connectivity index (χ1n) is 15.3. The van der Waals surface area contributed by atoms with Gasteiger partial charge >= 0.3 is 16.3 Å². The van der Waals surface area contributed by atoms with Gasteiger partial charge in [-0.1, -0.05) is 31.1 Å². The van der Waals surface area contributed by atoms with Crippen LogP contribution in [0.3, 0.4) is 0 Å². The Morgan fingerprint density at radius 1 is 1.14 bits per heavy atom. The van der Waals surface area contributed by atoms with Gasteiger partial charge in [-0.05, 0) is 71.4 Å². The van der Waals surface area contributed by atoms with Crippen molar-refractivity contribution >= 4 is 34.0 Å². The lowest BCUT2D eigenvalue weighted by molar-refractivity contribution is -0.141. The second-order valence-corrected chi connectivity index (χ2v) is 14.1. The molecule has 1 saturated carbocycles. The number of ether oxygens (including phenoxy) is 1. The highest BCUT2D eigenvalue weighted by Gasteiger charge is 2.61. The summed E-state index contributed by atoms with van der Waals surface area (Å²) in [7, 11) is -4.22. The van der Waals surface area contributed by atoms with E-state index in [1.54, 1.807) is 45.2 Å². The molecule has 1 aromatic heterocycles. The Morgan fingerprint density at radius 3 is 2.66 bits per heavy atom. The maximum atomic E-state index is 13.7. The predicted octanol–water partition coefficient (Wildman–Crippen LogP) is 1.85. The lowest BCUT2D eigenvalue weighted by Gasteiger charge is -2.30. The quantitative estimate of drug-likeness (QED) is 0.329. The van der Waals surface area contributed by atoms with Crippen LogP contribution < -0.4 is 20.1 Å². The normalized spacial score (nSPS) is 27.1. The van der Waals surface area contributed by atoms with Crippen molar-refractivity contribution in [1.29, 1.82) is 0 Å². The Bertz CT molecular complexity index is 1350. The average molecular weight is 633 g/mol. The Labute approximate surface area is 259 Å². The van der Waals surface area contributed by atoms with Gasteiger partial charge in [-0.15, -0.1) is 0 Å². The molecular weight excluding hydrogens is 588 g/mol. The Morgan fingerprint density at radius 2 is 1.93 bits per heavy atom. The minimum atomic E-state index is -4.22. The van der Waals surface area contributed by atoms with Crippen LogP contribution in [0.4, 0.5) is 4.79 Å². The zero-order valence-corrected chi connectivity index (χ0v) is 26.5. The lowest BCUT2D eigenvalue weighted by Crippen LogP contribution is -2.59. The third-order valence-corrected chi connectivity index (χ3v) is 8.99. The summed E-state index contributed by atoms with van der Waals surface area (Å²) in [5.41, 5.74) is -1.51. The molecule has 1 saturated heterocycles. The van der Waals surface area contributed by atoms with Crippen LogP contribution >= 0.6 is 0 Å². The first kappa shape index (κ1) is 33.4. The number of nitrogens with one attached hydrogen (secondary N) is 4. The first-order chi connectivity index (χ1) is 20.8. The molecule has 3 heterocycles. The molecule has 44 heavy (non-hydrogen) atoms. The number of aromatic nitrogens is 1. The number of fused-ring (bicyclic) bond motifs is 2. The molecule has 4 atom stereocenters. The van der Waals surface area contributed by atoms with Crippen molar-refractivity contribution < 1.29 is 32.3 Å². The molecule has 0 radical (unpaired) electrons. The molecule has 1 aromatic rings. The van der Waals surface area contributed by atoms with Gasteiger partial charge in [0, 0.05) is 37.3 Å². The van der Waals surface area contributed by atoms with Crippen molar-refractivity contribution in [2.45, 2.75) is 102 Å². The number of alkyl carbamates (subject to hydrolysis) is 1. The number of hydrogen-bond acceptors (Lipinski definition) is 8. The van der Waals surface area contributed by atoms with Crippen LogP contribution in [0.5, 0.6) is 0 Å².